The summed E-state index contributed by atoms with van der Waals surface area (Å²) in [6.07, 6.45) is 0. The van der Waals surface area contributed by atoms with Gasteiger partial charge in [0.25, 0.3) is 0 Å². The van der Waals surface area contributed by atoms with E-state index in [1.165, 1.54) is 18.2 Å². The molecule has 1 aromatic carbocycles. The number of nitrogens with zero attached hydrogens (tertiary/aromatic N) is 3. The molecule has 0 bridgehead atoms. The van der Waals surface area contributed by atoms with Crippen molar-refractivity contribution in [2.75, 3.05) is 13.2 Å². The summed E-state index contributed by atoms with van der Waals surface area (Å²) in [4.78, 5) is 12.1. The third-order valence-corrected chi connectivity index (χ3v) is 5.82. The van der Waals surface area contributed by atoms with E-state index in [1.807, 2.05) is 6.07 Å². The Kier molecular flexibility index (Phi) is 4.42. The van der Waals surface area contributed by atoms with Gasteiger partial charge >= 0.3 is 5.97 Å². The highest BCUT2D eigenvalue weighted by Gasteiger charge is 2.61. The van der Waals surface area contributed by atoms with Gasteiger partial charge in [-0.05, 0) is 13.0 Å². The zero-order valence-corrected chi connectivity index (χ0v) is 13.5. The maximum absolute atomic E-state index is 12.7. The van der Waals surface area contributed by atoms with Crippen LogP contribution in [0.5, 0.6) is 0 Å². The number of hydrogen-bond acceptors (Lipinski definition) is 6. The lowest BCUT2D eigenvalue weighted by molar-refractivity contribution is -0.148. The first-order chi connectivity index (χ1) is 10.9. The van der Waals surface area contributed by atoms with Crippen LogP contribution in [0, 0.1) is 28.6 Å². The summed E-state index contributed by atoms with van der Waals surface area (Å²) in [5.41, 5.74) is -1.80. The zero-order valence-electron chi connectivity index (χ0n) is 12.7. The van der Waals surface area contributed by atoms with E-state index in [4.69, 9.17) is 4.74 Å². The molecule has 0 saturated heterocycles. The molecule has 1 heterocycles. The molecule has 1 aliphatic rings. The molecule has 8 heteroatoms. The fourth-order valence-electron chi connectivity index (χ4n) is 2.89. The normalized spacial score (nSPS) is 23.3. The lowest BCUT2D eigenvalue weighted by atomic mass is 9.79. The predicted molar refractivity (Wildman–Crippen MR) is 79.0 cm³/mol. The molecule has 120 valence electrons. The third-order valence-electron chi connectivity index (χ3n) is 3.79. The van der Waals surface area contributed by atoms with E-state index in [0.717, 1.165) is 4.31 Å². The molecule has 0 fully saturated rings. The van der Waals surface area contributed by atoms with Gasteiger partial charge in [0.2, 0.25) is 10.0 Å². The maximum Gasteiger partial charge on any atom is 0.326 e. The van der Waals surface area contributed by atoms with Gasteiger partial charge in [-0.2, -0.15) is 14.8 Å². The highest BCUT2D eigenvalue weighted by molar-refractivity contribution is 7.89. The van der Waals surface area contributed by atoms with Crippen LogP contribution in [0.25, 0.3) is 0 Å². The Morgan fingerprint density at radius 1 is 1.35 bits per heavy atom. The summed E-state index contributed by atoms with van der Waals surface area (Å²) in [6, 6.07) is 9.58. The average molecular weight is 333 g/mol. The van der Waals surface area contributed by atoms with Crippen LogP contribution >= 0.6 is 0 Å². The molecule has 0 saturated carbocycles. The van der Waals surface area contributed by atoms with Crippen LogP contribution in [0.4, 0.5) is 0 Å². The van der Waals surface area contributed by atoms with Crippen molar-refractivity contribution in [3.8, 4) is 12.1 Å². The Bertz CT molecular complexity index is 822. The second kappa shape index (κ2) is 5.99. The van der Waals surface area contributed by atoms with Gasteiger partial charge in [0.15, 0.2) is 11.5 Å². The number of esters is 1. The molecule has 0 aromatic heterocycles. The average Bonchev–Trinajstić information content (AvgIpc) is 2.73. The van der Waals surface area contributed by atoms with Crippen LogP contribution in [-0.4, -0.2) is 31.8 Å². The Morgan fingerprint density at radius 3 is 2.52 bits per heavy atom. The molecule has 0 spiro atoms. The summed E-state index contributed by atoms with van der Waals surface area (Å²) < 4.78 is 31.2. The highest BCUT2D eigenvalue weighted by atomic mass is 32.2. The van der Waals surface area contributed by atoms with Crippen LogP contribution in [-0.2, 0) is 25.1 Å². The van der Waals surface area contributed by atoms with Crippen molar-refractivity contribution < 1.29 is 17.9 Å². The fraction of sp³-hybridized carbons (Fsp3) is 0.400. The number of hydrogen-bond donors (Lipinski definition) is 0. The minimum Gasteiger partial charge on any atom is -0.465 e. The molecule has 23 heavy (non-hydrogen) atoms. The van der Waals surface area contributed by atoms with Crippen LogP contribution in [0.15, 0.2) is 29.2 Å². The van der Waals surface area contributed by atoms with E-state index in [-0.39, 0.29) is 23.6 Å². The number of ether oxygens (including phenoxy) is 1. The molecule has 0 amide bonds. The predicted octanol–water partition coefficient (Wildman–Crippen LogP) is 1.13. The van der Waals surface area contributed by atoms with E-state index >= 15 is 0 Å². The summed E-state index contributed by atoms with van der Waals surface area (Å²) in [7, 11) is -3.97. The Balaban J connectivity index is 2.81. The Labute approximate surface area is 134 Å². The van der Waals surface area contributed by atoms with Crippen molar-refractivity contribution in [1.29, 1.82) is 10.5 Å². The van der Waals surface area contributed by atoms with Crippen molar-refractivity contribution >= 4 is 16.0 Å². The van der Waals surface area contributed by atoms with E-state index < -0.39 is 27.4 Å². The minimum absolute atomic E-state index is 0.0268. The number of carbonyl (C=O) groups is 1. The molecule has 0 aliphatic carbocycles. The van der Waals surface area contributed by atoms with E-state index in [9.17, 15) is 23.7 Å². The fourth-order valence-corrected chi connectivity index (χ4v) is 4.84. The van der Waals surface area contributed by atoms with Crippen LogP contribution in [0.3, 0.4) is 0 Å². The van der Waals surface area contributed by atoms with Crippen LogP contribution in [0.1, 0.15) is 19.4 Å². The van der Waals surface area contributed by atoms with E-state index in [0.29, 0.717) is 0 Å². The minimum atomic E-state index is -3.97. The van der Waals surface area contributed by atoms with Gasteiger partial charge in [-0.15, -0.1) is 0 Å². The van der Waals surface area contributed by atoms with Crippen LogP contribution in [0.2, 0.25) is 0 Å². The van der Waals surface area contributed by atoms with Crippen molar-refractivity contribution in [2.24, 2.45) is 5.92 Å². The Hall–Kier alpha value is -2.42. The highest BCUT2D eigenvalue weighted by Crippen LogP contribution is 2.48. The quantitative estimate of drug-likeness (QED) is 0.764. The molecular weight excluding hydrogens is 318 g/mol. The van der Waals surface area contributed by atoms with Gasteiger partial charge in [0.1, 0.15) is 0 Å². The molecule has 2 unspecified atom stereocenters. The molecule has 1 aliphatic heterocycles. The number of nitriles is 2. The monoisotopic (exact) mass is 333 g/mol. The standard InChI is InChI=1S/C15H15N3O4S/c1-3-18-15(10-17,12(9-16)14(19)22-4-2)11-7-5-6-8-13(11)23(18,20)21/h5-8,12H,3-4H2,1-2H3. The van der Waals surface area contributed by atoms with Gasteiger partial charge in [0, 0.05) is 12.1 Å². The summed E-state index contributed by atoms with van der Waals surface area (Å²) in [6.45, 7) is 3.10. The zero-order chi connectivity index (χ0) is 17.3. The number of sulfonamides is 1. The van der Waals surface area contributed by atoms with Crippen molar-refractivity contribution in [3.63, 3.8) is 0 Å². The molecule has 0 N–H and O–H groups in total. The van der Waals surface area contributed by atoms with Crippen molar-refractivity contribution in [2.45, 2.75) is 24.3 Å². The smallest absolute Gasteiger partial charge is 0.326 e. The van der Waals surface area contributed by atoms with Gasteiger partial charge in [-0.3, -0.25) is 4.79 Å². The molecule has 1 aromatic rings. The van der Waals surface area contributed by atoms with E-state index in [2.05, 4.69) is 0 Å². The van der Waals surface area contributed by atoms with Gasteiger partial charge < -0.3 is 4.74 Å². The van der Waals surface area contributed by atoms with Gasteiger partial charge in [-0.25, -0.2) is 8.42 Å². The van der Waals surface area contributed by atoms with E-state index in [1.54, 1.807) is 26.0 Å². The number of fused-ring (bicyclic) bond motifs is 1. The lowest BCUT2D eigenvalue weighted by Gasteiger charge is -2.32. The summed E-state index contributed by atoms with van der Waals surface area (Å²) in [5, 5.41) is 19.3. The van der Waals surface area contributed by atoms with Crippen LogP contribution < -0.4 is 0 Å². The second-order valence-corrected chi connectivity index (χ2v) is 6.69. The molecule has 2 atom stereocenters. The molecule has 2 rings (SSSR count). The lowest BCUT2D eigenvalue weighted by Crippen LogP contribution is -2.50. The summed E-state index contributed by atoms with van der Waals surface area (Å²) >= 11 is 0. The molecular formula is C15H15N3O4S. The number of rotatable bonds is 4. The first-order valence-electron chi connectivity index (χ1n) is 7.01. The second-order valence-electron chi connectivity index (χ2n) is 4.86. The first-order valence-corrected chi connectivity index (χ1v) is 8.45. The van der Waals surface area contributed by atoms with Gasteiger partial charge in [-0.1, -0.05) is 25.1 Å². The number of benzene rings is 1. The maximum atomic E-state index is 12.7. The first kappa shape index (κ1) is 16.9. The van der Waals surface area contributed by atoms with Crippen molar-refractivity contribution in [3.05, 3.63) is 29.8 Å². The number of carbonyl (C=O) groups excluding carboxylic acids is 1. The third kappa shape index (κ3) is 2.19. The molecule has 7 nitrogen and oxygen atoms in total. The SMILES string of the molecule is CCOC(=O)C(C#N)C1(C#N)c2ccccc2S(=O)(=O)N1CC. The largest absolute Gasteiger partial charge is 0.465 e. The van der Waals surface area contributed by atoms with Gasteiger partial charge in [0.05, 0.1) is 23.6 Å². The summed E-state index contributed by atoms with van der Waals surface area (Å²) in [5.74, 6) is -2.49. The molecule has 0 radical (unpaired) electrons. The van der Waals surface area contributed by atoms with Crippen molar-refractivity contribution in [1.82, 2.24) is 4.31 Å². The topological polar surface area (TPSA) is 111 Å². The Morgan fingerprint density at radius 2 is 2.00 bits per heavy atom.